The molecule has 14 heteroatoms. The standard InChI is InChI=1S/C40H49N11O3/c1-7-50-34(20-26(3)43-50)37(52)41-39-45(5)31-15-9-10-16-32(31)47(39)18-11-12-19-48-36-28(23-49-29-22-30(49)25-54-24-29)14-13-17-33(36)46(6)40(48)42-38(53)35-21-27(4)44-51(35)8-2/h9-10,13-17,20-21,29-30H,7-8,11-12,18-19,22-25H2,1-6H3. The van der Waals surface area contributed by atoms with Crippen LogP contribution in [0.15, 0.2) is 64.6 Å². The van der Waals surface area contributed by atoms with Crippen molar-refractivity contribution in [3.8, 4) is 0 Å². The topological polar surface area (TPSA) is 127 Å². The van der Waals surface area contributed by atoms with Gasteiger partial charge in [-0.05, 0) is 82.9 Å². The van der Waals surface area contributed by atoms with Crippen molar-refractivity contribution in [2.24, 2.45) is 24.1 Å². The number of hydrogen-bond acceptors (Lipinski definition) is 6. The van der Waals surface area contributed by atoms with Crippen LogP contribution in [0.3, 0.4) is 0 Å². The van der Waals surface area contributed by atoms with Crippen LogP contribution >= 0.6 is 0 Å². The maximum Gasteiger partial charge on any atom is 0.298 e. The van der Waals surface area contributed by atoms with E-state index in [0.717, 1.165) is 66.1 Å². The lowest BCUT2D eigenvalue weighted by Gasteiger charge is -2.52. The van der Waals surface area contributed by atoms with Crippen molar-refractivity contribution in [1.82, 2.24) is 42.7 Å². The summed E-state index contributed by atoms with van der Waals surface area (Å²) in [4.78, 5) is 39.4. The number of fused-ring (bicyclic) bond motifs is 4. The molecule has 14 nitrogen and oxygen atoms in total. The molecule has 54 heavy (non-hydrogen) atoms. The second-order valence-electron chi connectivity index (χ2n) is 14.6. The largest absolute Gasteiger partial charge is 0.378 e. The maximum absolute atomic E-state index is 13.8. The molecule has 2 aromatic carbocycles. The van der Waals surface area contributed by atoms with Gasteiger partial charge in [0.1, 0.15) is 11.4 Å². The van der Waals surface area contributed by atoms with Gasteiger partial charge in [-0.3, -0.25) is 23.9 Å². The average Bonchev–Trinajstić information content (AvgIpc) is 3.91. The smallest absolute Gasteiger partial charge is 0.298 e. The Morgan fingerprint density at radius 2 is 1.28 bits per heavy atom. The molecule has 0 N–H and O–H groups in total. The summed E-state index contributed by atoms with van der Waals surface area (Å²) in [6, 6.07) is 19.1. The minimum absolute atomic E-state index is 0.310. The van der Waals surface area contributed by atoms with Gasteiger partial charge in [-0.15, -0.1) is 0 Å². The molecule has 0 radical (unpaired) electrons. The van der Waals surface area contributed by atoms with Crippen LogP contribution in [0, 0.1) is 13.8 Å². The van der Waals surface area contributed by atoms with E-state index in [9.17, 15) is 9.59 Å². The van der Waals surface area contributed by atoms with Gasteiger partial charge >= 0.3 is 0 Å². The summed E-state index contributed by atoms with van der Waals surface area (Å²) < 4.78 is 17.6. The monoisotopic (exact) mass is 731 g/mol. The Hall–Kier alpha value is -5.34. The summed E-state index contributed by atoms with van der Waals surface area (Å²) in [5.41, 5.74) is 9.10. The number of carbonyl (C=O) groups excluding carboxylic acids is 2. The number of nitrogens with zero attached hydrogens (tertiary/aromatic N) is 11. The number of amides is 2. The van der Waals surface area contributed by atoms with Crippen LogP contribution in [0.1, 0.15) is 71.0 Å². The normalized spacial score (nSPS) is 18.0. The maximum atomic E-state index is 13.8. The van der Waals surface area contributed by atoms with Crippen molar-refractivity contribution in [3.63, 3.8) is 0 Å². The highest BCUT2D eigenvalue weighted by Gasteiger charge is 2.42. The molecule has 2 amide bonds. The highest BCUT2D eigenvalue weighted by Crippen LogP contribution is 2.33. The number of aryl methyl sites for hydroxylation is 8. The fourth-order valence-corrected chi connectivity index (χ4v) is 8.37. The Morgan fingerprint density at radius 3 is 1.87 bits per heavy atom. The summed E-state index contributed by atoms with van der Waals surface area (Å²) in [6.45, 7) is 12.6. The molecule has 6 aromatic rings. The van der Waals surface area contributed by atoms with Gasteiger partial charge in [0, 0.05) is 58.9 Å². The van der Waals surface area contributed by atoms with E-state index in [2.05, 4.69) is 59.6 Å². The Labute approximate surface area is 313 Å². The predicted octanol–water partition coefficient (Wildman–Crippen LogP) is 4.26. The van der Waals surface area contributed by atoms with Gasteiger partial charge in [-0.1, -0.05) is 24.3 Å². The third-order valence-corrected chi connectivity index (χ3v) is 11.1. The Balaban J connectivity index is 1.15. The van der Waals surface area contributed by atoms with Gasteiger partial charge in [0.15, 0.2) is 0 Å². The molecular weight excluding hydrogens is 683 g/mol. The lowest BCUT2D eigenvalue weighted by molar-refractivity contribution is -0.131. The number of aromatic nitrogens is 8. The minimum atomic E-state index is -0.315. The molecule has 2 unspecified atom stereocenters. The van der Waals surface area contributed by atoms with Gasteiger partial charge in [0.25, 0.3) is 11.8 Å². The van der Waals surface area contributed by atoms with Crippen molar-refractivity contribution in [3.05, 3.63) is 94.2 Å². The van der Waals surface area contributed by atoms with E-state index in [4.69, 9.17) is 9.73 Å². The minimum Gasteiger partial charge on any atom is -0.378 e. The van der Waals surface area contributed by atoms with E-state index in [-0.39, 0.29) is 11.8 Å². The van der Waals surface area contributed by atoms with E-state index in [1.807, 2.05) is 69.1 Å². The van der Waals surface area contributed by atoms with E-state index in [1.165, 1.54) is 12.0 Å². The van der Waals surface area contributed by atoms with Crippen LogP contribution in [0.2, 0.25) is 0 Å². The van der Waals surface area contributed by atoms with Crippen molar-refractivity contribution < 1.29 is 14.3 Å². The number of unbranched alkanes of at least 4 members (excludes halogenated alkanes) is 1. The molecule has 2 aliphatic rings. The first-order chi connectivity index (χ1) is 26.2. The second-order valence-corrected chi connectivity index (χ2v) is 14.6. The summed E-state index contributed by atoms with van der Waals surface area (Å²) in [6.07, 6.45) is 2.78. The number of imidazole rings is 2. The van der Waals surface area contributed by atoms with Gasteiger partial charge in [-0.25, -0.2) is 0 Å². The van der Waals surface area contributed by atoms with Crippen LogP contribution in [0.5, 0.6) is 0 Å². The molecule has 4 aromatic heterocycles. The van der Waals surface area contributed by atoms with E-state index >= 15 is 0 Å². The molecular formula is C40H49N11O3. The summed E-state index contributed by atoms with van der Waals surface area (Å²) >= 11 is 0. The van der Waals surface area contributed by atoms with E-state index in [0.29, 0.717) is 60.9 Å². The number of para-hydroxylation sites is 3. The van der Waals surface area contributed by atoms with Crippen LogP contribution in [-0.2, 0) is 51.6 Å². The fraction of sp³-hybridized carbons (Fsp3) is 0.450. The molecule has 0 aliphatic carbocycles. The van der Waals surface area contributed by atoms with Crippen LogP contribution in [0.4, 0.5) is 0 Å². The molecule has 0 saturated carbocycles. The SMILES string of the molecule is CCn1nc(C)cc1C(=O)N=c1n(C)c2ccccc2n1CCCCn1c(=NC(=O)c2cc(C)nn2CC)n(C)c2cccc(CN3C4COCC3C4)c21. The molecule has 6 heterocycles. The number of carbonyl (C=O) groups is 2. The number of rotatable bonds is 11. The van der Waals surface area contributed by atoms with Crippen molar-refractivity contribution in [1.29, 1.82) is 0 Å². The Morgan fingerprint density at radius 1 is 0.741 bits per heavy atom. The Bertz CT molecular complexity index is 2520. The van der Waals surface area contributed by atoms with Crippen LogP contribution in [-0.4, -0.2) is 79.8 Å². The van der Waals surface area contributed by atoms with Gasteiger partial charge in [0.2, 0.25) is 11.2 Å². The molecule has 2 aliphatic heterocycles. The lowest BCUT2D eigenvalue weighted by atomic mass is 9.90. The molecule has 2 atom stereocenters. The third-order valence-electron chi connectivity index (χ3n) is 11.1. The van der Waals surface area contributed by atoms with Gasteiger partial charge < -0.3 is 23.0 Å². The average molecular weight is 732 g/mol. The summed E-state index contributed by atoms with van der Waals surface area (Å²) in [5.74, 6) is -0.626. The quantitative estimate of drug-likeness (QED) is 0.184. The van der Waals surface area contributed by atoms with Crippen molar-refractivity contribution in [2.45, 2.75) is 91.8 Å². The Kier molecular flexibility index (Phi) is 9.57. The first kappa shape index (κ1) is 35.7. The number of ether oxygens (including phenoxy) is 1. The first-order valence-electron chi connectivity index (χ1n) is 19.1. The third kappa shape index (κ3) is 6.26. The highest BCUT2D eigenvalue weighted by atomic mass is 16.5. The van der Waals surface area contributed by atoms with Crippen molar-refractivity contribution in [2.75, 3.05) is 13.2 Å². The molecule has 282 valence electrons. The van der Waals surface area contributed by atoms with Gasteiger partial charge in [-0.2, -0.15) is 20.2 Å². The van der Waals surface area contributed by atoms with Crippen molar-refractivity contribution >= 4 is 33.9 Å². The highest BCUT2D eigenvalue weighted by molar-refractivity contribution is 5.94. The molecule has 2 fully saturated rings. The molecule has 2 saturated heterocycles. The summed E-state index contributed by atoms with van der Waals surface area (Å²) in [7, 11) is 3.95. The van der Waals surface area contributed by atoms with Crippen LogP contribution in [0.25, 0.3) is 22.1 Å². The fourth-order valence-electron chi connectivity index (χ4n) is 8.37. The second kappa shape index (κ2) is 14.5. The zero-order chi connectivity index (χ0) is 37.7. The first-order valence-corrected chi connectivity index (χ1v) is 19.1. The zero-order valence-electron chi connectivity index (χ0n) is 32.1. The van der Waals surface area contributed by atoms with Crippen LogP contribution < -0.4 is 11.2 Å². The molecule has 0 spiro atoms. The zero-order valence-corrected chi connectivity index (χ0v) is 32.1. The number of morpholine rings is 1. The van der Waals surface area contributed by atoms with Gasteiger partial charge in [0.05, 0.1) is 46.7 Å². The number of benzene rings is 2. The molecule has 2 bridgehead atoms. The number of hydrogen-bond donors (Lipinski definition) is 0. The lowest BCUT2D eigenvalue weighted by Crippen LogP contribution is -2.62. The van der Waals surface area contributed by atoms with E-state index < -0.39 is 0 Å². The molecule has 8 rings (SSSR count). The summed E-state index contributed by atoms with van der Waals surface area (Å²) in [5, 5.41) is 8.97. The predicted molar refractivity (Wildman–Crippen MR) is 205 cm³/mol. The van der Waals surface area contributed by atoms with E-state index in [1.54, 1.807) is 15.4 Å².